The van der Waals surface area contributed by atoms with Crippen molar-refractivity contribution < 1.29 is 14.6 Å². The number of carbonyl (C=O) groups excluding carboxylic acids is 1. The first-order valence-corrected chi connectivity index (χ1v) is 13.0. The molecule has 0 aliphatic carbocycles. The van der Waals surface area contributed by atoms with Crippen LogP contribution < -0.4 is 10.6 Å². The van der Waals surface area contributed by atoms with Gasteiger partial charge in [-0.25, -0.2) is 4.79 Å². The molecule has 1 aliphatic heterocycles. The molecule has 192 valence electrons. The maximum atomic E-state index is 13.0. The molecule has 2 aromatic carbocycles. The van der Waals surface area contributed by atoms with Crippen molar-refractivity contribution in [3.63, 3.8) is 0 Å². The molecule has 35 heavy (non-hydrogen) atoms. The lowest BCUT2D eigenvalue weighted by molar-refractivity contribution is -0.0559. The topological polar surface area (TPSA) is 73.8 Å². The Labute approximate surface area is 211 Å². The second-order valence-electron chi connectivity index (χ2n) is 9.98. The van der Waals surface area contributed by atoms with Crippen LogP contribution in [-0.4, -0.2) is 62.5 Å². The molecule has 0 spiro atoms. The molecule has 1 unspecified atom stereocenters. The summed E-state index contributed by atoms with van der Waals surface area (Å²) in [6.07, 6.45) is 4.15. The number of likely N-dealkylation sites (tertiary alicyclic amines) is 1. The average molecular weight is 482 g/mol. The minimum absolute atomic E-state index is 0.0445. The molecule has 3 atom stereocenters. The van der Waals surface area contributed by atoms with Crippen molar-refractivity contribution in [2.75, 3.05) is 40.4 Å². The highest BCUT2D eigenvalue weighted by atomic mass is 16.5. The van der Waals surface area contributed by atoms with Gasteiger partial charge in [-0.1, -0.05) is 54.1 Å². The van der Waals surface area contributed by atoms with Crippen molar-refractivity contribution >= 4 is 6.03 Å². The lowest BCUT2D eigenvalue weighted by Crippen LogP contribution is -2.53. The summed E-state index contributed by atoms with van der Waals surface area (Å²) in [5, 5.41) is 18.7. The van der Waals surface area contributed by atoms with E-state index in [1.54, 1.807) is 7.11 Å². The number of likely N-dealkylation sites (N-methyl/N-ethyl adjacent to an activating group) is 1. The molecular weight excluding hydrogens is 438 g/mol. The van der Waals surface area contributed by atoms with Crippen LogP contribution in [0.1, 0.15) is 50.2 Å². The number of unbranched alkanes of at least 4 members (excludes halogenated alkanes) is 1. The van der Waals surface area contributed by atoms with Crippen molar-refractivity contribution in [1.82, 2.24) is 15.5 Å². The van der Waals surface area contributed by atoms with Gasteiger partial charge in [0, 0.05) is 45.3 Å². The van der Waals surface area contributed by atoms with Gasteiger partial charge in [-0.2, -0.15) is 0 Å². The largest absolute Gasteiger partial charge is 0.385 e. The number of amides is 2. The third-order valence-corrected chi connectivity index (χ3v) is 7.18. The molecule has 0 radical (unpaired) electrons. The number of hydrogen-bond acceptors (Lipinski definition) is 4. The number of hydrogen-bond donors (Lipinski definition) is 3. The average Bonchev–Trinajstić information content (AvgIpc) is 2.87. The fourth-order valence-electron chi connectivity index (χ4n) is 5.26. The predicted molar refractivity (Wildman–Crippen MR) is 142 cm³/mol. The van der Waals surface area contributed by atoms with E-state index in [1.165, 1.54) is 5.56 Å². The molecular formula is C29H43N3O3. The molecule has 2 aromatic rings. The first-order valence-electron chi connectivity index (χ1n) is 13.0. The second-order valence-corrected chi connectivity index (χ2v) is 9.98. The molecule has 6 nitrogen and oxygen atoms in total. The Balaban J connectivity index is 1.91. The van der Waals surface area contributed by atoms with Gasteiger partial charge in [0.05, 0.1) is 5.60 Å². The second kappa shape index (κ2) is 13.1. The number of nitrogens with one attached hydrogen (secondary N) is 2. The SMILES string of the molecule is CNCC(C)NC(=O)N1CCC[C@@H]([C@@](O)(CCCCOC)c2ccccc2-c2ccc(C)cc2)C1. The number of urea groups is 1. The van der Waals surface area contributed by atoms with E-state index in [1.807, 2.05) is 31.0 Å². The molecule has 3 N–H and O–H groups in total. The Bertz CT molecular complexity index is 933. The molecule has 1 saturated heterocycles. The number of rotatable bonds is 11. The van der Waals surface area contributed by atoms with Crippen LogP contribution in [0, 0.1) is 12.8 Å². The number of piperidine rings is 1. The fraction of sp³-hybridized carbons (Fsp3) is 0.552. The summed E-state index contributed by atoms with van der Waals surface area (Å²) in [5.74, 6) is -0.0456. The van der Waals surface area contributed by atoms with Gasteiger partial charge < -0.3 is 25.4 Å². The first-order chi connectivity index (χ1) is 16.9. The third kappa shape index (κ3) is 7.06. The van der Waals surface area contributed by atoms with E-state index in [9.17, 15) is 9.90 Å². The Morgan fingerprint density at radius 3 is 2.66 bits per heavy atom. The van der Waals surface area contributed by atoms with Gasteiger partial charge in [0.15, 0.2) is 0 Å². The van der Waals surface area contributed by atoms with Gasteiger partial charge in [-0.05, 0) is 69.7 Å². The minimum atomic E-state index is -1.04. The third-order valence-electron chi connectivity index (χ3n) is 7.18. The zero-order valence-corrected chi connectivity index (χ0v) is 21.8. The molecule has 0 saturated carbocycles. The van der Waals surface area contributed by atoms with E-state index in [-0.39, 0.29) is 18.0 Å². The van der Waals surface area contributed by atoms with Gasteiger partial charge in [0.1, 0.15) is 0 Å². The summed E-state index contributed by atoms with van der Waals surface area (Å²) in [4.78, 5) is 14.9. The van der Waals surface area contributed by atoms with E-state index in [0.717, 1.165) is 48.9 Å². The van der Waals surface area contributed by atoms with Gasteiger partial charge in [0.25, 0.3) is 0 Å². The van der Waals surface area contributed by atoms with E-state index < -0.39 is 5.60 Å². The Morgan fingerprint density at radius 2 is 1.94 bits per heavy atom. The zero-order chi connectivity index (χ0) is 25.3. The fourth-order valence-corrected chi connectivity index (χ4v) is 5.26. The first kappa shape index (κ1) is 27.2. The lowest BCUT2D eigenvalue weighted by atomic mass is 9.72. The van der Waals surface area contributed by atoms with Crippen LogP contribution >= 0.6 is 0 Å². The lowest BCUT2D eigenvalue weighted by Gasteiger charge is -2.43. The van der Waals surface area contributed by atoms with Crippen LogP contribution in [0.25, 0.3) is 11.1 Å². The summed E-state index contributed by atoms with van der Waals surface area (Å²) < 4.78 is 5.27. The standard InChI is InChI=1S/C29H43N3O3/c1-22-13-15-24(16-14-22)26-11-5-6-12-27(26)29(34,17-7-8-19-35-4)25-10-9-18-32(21-25)28(33)31-23(2)20-30-3/h5-6,11-16,23,25,30,34H,7-10,17-21H2,1-4H3,(H,31,33)/t23?,25-,29+/m1/s1. The molecule has 1 aliphatic rings. The summed E-state index contributed by atoms with van der Waals surface area (Å²) in [5.41, 5.74) is 3.29. The molecule has 1 fully saturated rings. The van der Waals surface area contributed by atoms with Crippen LogP contribution in [0.5, 0.6) is 0 Å². The van der Waals surface area contributed by atoms with Crippen LogP contribution in [-0.2, 0) is 10.3 Å². The molecule has 1 heterocycles. The van der Waals surface area contributed by atoms with Crippen LogP contribution in [0.3, 0.4) is 0 Å². The molecule has 3 rings (SSSR count). The van der Waals surface area contributed by atoms with Crippen LogP contribution in [0.4, 0.5) is 4.79 Å². The molecule has 2 amide bonds. The van der Waals surface area contributed by atoms with E-state index >= 15 is 0 Å². The highest BCUT2D eigenvalue weighted by Crippen LogP contribution is 2.43. The minimum Gasteiger partial charge on any atom is -0.385 e. The summed E-state index contributed by atoms with van der Waals surface area (Å²) in [6, 6.07) is 16.7. The number of carbonyl (C=O) groups is 1. The van der Waals surface area contributed by atoms with Crippen molar-refractivity contribution in [2.24, 2.45) is 5.92 Å². The monoisotopic (exact) mass is 481 g/mol. The molecule has 0 aromatic heterocycles. The molecule has 0 bridgehead atoms. The Hall–Kier alpha value is -2.41. The molecule has 6 heteroatoms. The highest BCUT2D eigenvalue weighted by molar-refractivity contribution is 5.74. The van der Waals surface area contributed by atoms with Crippen molar-refractivity contribution in [2.45, 2.75) is 57.6 Å². The highest BCUT2D eigenvalue weighted by Gasteiger charge is 2.42. The Morgan fingerprint density at radius 1 is 1.20 bits per heavy atom. The normalized spacial score (nSPS) is 18.7. The number of aliphatic hydroxyl groups is 1. The van der Waals surface area contributed by atoms with Crippen LogP contribution in [0.2, 0.25) is 0 Å². The van der Waals surface area contributed by atoms with Gasteiger partial charge in [0.2, 0.25) is 0 Å². The van der Waals surface area contributed by atoms with Crippen molar-refractivity contribution in [3.8, 4) is 11.1 Å². The van der Waals surface area contributed by atoms with E-state index in [0.29, 0.717) is 26.1 Å². The summed E-state index contributed by atoms with van der Waals surface area (Å²) >= 11 is 0. The van der Waals surface area contributed by atoms with Crippen molar-refractivity contribution in [1.29, 1.82) is 0 Å². The maximum absolute atomic E-state index is 13.0. The van der Waals surface area contributed by atoms with Crippen LogP contribution in [0.15, 0.2) is 48.5 Å². The van der Waals surface area contributed by atoms with Gasteiger partial charge >= 0.3 is 6.03 Å². The smallest absolute Gasteiger partial charge is 0.317 e. The summed E-state index contributed by atoms with van der Waals surface area (Å²) in [6.45, 7) is 6.74. The van der Waals surface area contributed by atoms with Gasteiger partial charge in [-0.15, -0.1) is 0 Å². The van der Waals surface area contributed by atoms with E-state index in [4.69, 9.17) is 4.74 Å². The number of methoxy groups -OCH3 is 1. The quantitative estimate of drug-likeness (QED) is 0.407. The number of aryl methyl sites for hydroxylation is 1. The van der Waals surface area contributed by atoms with E-state index in [2.05, 4.69) is 54.0 Å². The maximum Gasteiger partial charge on any atom is 0.317 e. The summed E-state index contributed by atoms with van der Waals surface area (Å²) in [7, 11) is 3.60. The zero-order valence-electron chi connectivity index (χ0n) is 21.8. The number of ether oxygens (including phenoxy) is 1. The number of nitrogens with zero attached hydrogens (tertiary/aromatic N) is 1. The Kier molecular flexibility index (Phi) is 10.1. The predicted octanol–water partition coefficient (Wildman–Crippen LogP) is 4.70. The van der Waals surface area contributed by atoms with Crippen molar-refractivity contribution in [3.05, 3.63) is 59.7 Å². The number of benzene rings is 2. The van der Waals surface area contributed by atoms with Gasteiger partial charge in [-0.3, -0.25) is 0 Å².